The predicted molar refractivity (Wildman–Crippen MR) is 84.0 cm³/mol. The summed E-state index contributed by atoms with van der Waals surface area (Å²) in [5.74, 6) is 0.411. The summed E-state index contributed by atoms with van der Waals surface area (Å²) in [7, 11) is -1.70. The first-order valence-corrected chi connectivity index (χ1v) is 8.15. The minimum atomic E-state index is -3.37. The maximum absolute atomic E-state index is 12.5. The molecule has 4 nitrogen and oxygen atoms in total. The van der Waals surface area contributed by atoms with E-state index in [-0.39, 0.29) is 18.4 Å². The van der Waals surface area contributed by atoms with Crippen molar-refractivity contribution >= 4 is 22.4 Å². The van der Waals surface area contributed by atoms with Crippen LogP contribution >= 0.6 is 12.4 Å². The molecule has 6 heteroatoms. The van der Waals surface area contributed by atoms with Gasteiger partial charge < -0.3 is 5.32 Å². The highest BCUT2D eigenvalue weighted by Gasteiger charge is 2.29. The number of nitrogens with one attached hydrogen (secondary N) is 1. The zero-order valence-electron chi connectivity index (χ0n) is 12.2. The maximum Gasteiger partial charge on any atom is 0.243 e. The molecule has 0 amide bonds. The fourth-order valence-electron chi connectivity index (χ4n) is 2.34. The highest BCUT2D eigenvalue weighted by atomic mass is 35.5. The number of hydrogen-bond acceptors (Lipinski definition) is 3. The van der Waals surface area contributed by atoms with Crippen molar-refractivity contribution in [3.63, 3.8) is 0 Å². The highest BCUT2D eigenvalue weighted by molar-refractivity contribution is 7.89. The van der Waals surface area contributed by atoms with Crippen LogP contribution in [0, 0.1) is 0 Å². The quantitative estimate of drug-likeness (QED) is 0.926. The molecule has 1 aromatic rings. The van der Waals surface area contributed by atoms with E-state index in [1.54, 1.807) is 19.2 Å². The summed E-state index contributed by atoms with van der Waals surface area (Å²) < 4.78 is 26.5. The topological polar surface area (TPSA) is 49.4 Å². The summed E-state index contributed by atoms with van der Waals surface area (Å²) in [6.07, 6.45) is 0.875. The second-order valence-electron chi connectivity index (χ2n) is 5.39. The van der Waals surface area contributed by atoms with E-state index in [2.05, 4.69) is 19.2 Å². The van der Waals surface area contributed by atoms with Crippen molar-refractivity contribution in [3.05, 3.63) is 29.8 Å². The molecule has 114 valence electrons. The molecule has 1 unspecified atom stereocenters. The fourth-order valence-corrected chi connectivity index (χ4v) is 3.72. The molecule has 0 spiro atoms. The van der Waals surface area contributed by atoms with Crippen molar-refractivity contribution in [2.24, 2.45) is 0 Å². The first kappa shape index (κ1) is 17.4. The van der Waals surface area contributed by atoms with Crippen molar-refractivity contribution in [1.29, 1.82) is 0 Å². The van der Waals surface area contributed by atoms with Crippen LogP contribution in [-0.2, 0) is 10.0 Å². The van der Waals surface area contributed by atoms with E-state index in [0.717, 1.165) is 25.1 Å². The van der Waals surface area contributed by atoms with Crippen LogP contribution in [0.1, 0.15) is 31.7 Å². The SMILES string of the molecule is CC(C)c1ccc(S(=O)(=O)N(C)C2CCNC2)cc1.Cl. The Balaban J connectivity index is 0.00000200. The molecule has 0 aliphatic carbocycles. The summed E-state index contributed by atoms with van der Waals surface area (Å²) >= 11 is 0. The lowest BCUT2D eigenvalue weighted by Crippen LogP contribution is -2.38. The second-order valence-corrected chi connectivity index (χ2v) is 7.39. The Morgan fingerprint density at radius 2 is 1.85 bits per heavy atom. The number of benzene rings is 1. The third-order valence-corrected chi connectivity index (χ3v) is 5.70. The van der Waals surface area contributed by atoms with Crippen molar-refractivity contribution in [2.75, 3.05) is 20.1 Å². The number of halogens is 1. The number of sulfonamides is 1. The monoisotopic (exact) mass is 318 g/mol. The molecule has 1 aromatic carbocycles. The summed E-state index contributed by atoms with van der Waals surface area (Å²) in [4.78, 5) is 0.381. The number of hydrogen-bond donors (Lipinski definition) is 1. The largest absolute Gasteiger partial charge is 0.315 e. The molecule has 1 N–H and O–H groups in total. The van der Waals surface area contributed by atoms with E-state index in [1.807, 2.05) is 12.1 Å². The standard InChI is InChI=1S/C14H22N2O2S.ClH/c1-11(2)12-4-6-14(7-5-12)19(17,18)16(3)13-8-9-15-10-13;/h4-7,11,13,15H,8-10H2,1-3H3;1H. The van der Waals surface area contributed by atoms with Gasteiger partial charge in [-0.1, -0.05) is 26.0 Å². The molecule has 1 aliphatic heterocycles. The van der Waals surface area contributed by atoms with Crippen LogP contribution in [0.4, 0.5) is 0 Å². The Morgan fingerprint density at radius 3 is 2.30 bits per heavy atom. The van der Waals surface area contributed by atoms with E-state index in [4.69, 9.17) is 0 Å². The van der Waals surface area contributed by atoms with Gasteiger partial charge in [0.1, 0.15) is 0 Å². The molecular weight excluding hydrogens is 296 g/mol. The molecule has 1 heterocycles. The van der Waals surface area contributed by atoms with Crippen LogP contribution in [-0.4, -0.2) is 38.9 Å². The van der Waals surface area contributed by atoms with Gasteiger partial charge in [-0.2, -0.15) is 4.31 Å². The smallest absolute Gasteiger partial charge is 0.243 e. The van der Waals surface area contributed by atoms with Gasteiger partial charge in [0.05, 0.1) is 4.90 Å². The minimum absolute atomic E-state index is 0. The van der Waals surface area contributed by atoms with Gasteiger partial charge >= 0.3 is 0 Å². The zero-order valence-corrected chi connectivity index (χ0v) is 13.8. The van der Waals surface area contributed by atoms with Crippen molar-refractivity contribution < 1.29 is 8.42 Å². The second kappa shape index (κ2) is 6.89. The molecule has 0 aromatic heterocycles. The number of nitrogens with zero attached hydrogens (tertiary/aromatic N) is 1. The molecule has 0 saturated carbocycles. The van der Waals surface area contributed by atoms with Crippen molar-refractivity contribution in [3.8, 4) is 0 Å². The van der Waals surface area contributed by atoms with E-state index >= 15 is 0 Å². The van der Waals surface area contributed by atoms with E-state index in [9.17, 15) is 8.42 Å². The Bertz CT molecular complexity index is 523. The van der Waals surface area contributed by atoms with Gasteiger partial charge in [-0.05, 0) is 36.6 Å². The fraction of sp³-hybridized carbons (Fsp3) is 0.571. The normalized spacial score (nSPS) is 19.4. The molecule has 1 aliphatic rings. The summed E-state index contributed by atoms with van der Waals surface area (Å²) in [5.41, 5.74) is 1.16. The lowest BCUT2D eigenvalue weighted by Gasteiger charge is -2.23. The van der Waals surface area contributed by atoms with Crippen molar-refractivity contribution in [1.82, 2.24) is 9.62 Å². The van der Waals surface area contributed by atoms with E-state index in [1.165, 1.54) is 4.31 Å². The molecular formula is C14H23ClN2O2S. The van der Waals surface area contributed by atoms with E-state index in [0.29, 0.717) is 10.8 Å². The van der Waals surface area contributed by atoms with Gasteiger partial charge in [-0.3, -0.25) is 0 Å². The molecule has 0 radical (unpaired) electrons. The van der Waals surface area contributed by atoms with Gasteiger partial charge in [-0.15, -0.1) is 12.4 Å². The van der Waals surface area contributed by atoms with Crippen LogP contribution in [0.3, 0.4) is 0 Å². The lowest BCUT2D eigenvalue weighted by molar-refractivity contribution is 0.388. The lowest BCUT2D eigenvalue weighted by atomic mass is 10.0. The maximum atomic E-state index is 12.5. The Hall–Kier alpha value is -0.620. The Morgan fingerprint density at radius 1 is 1.25 bits per heavy atom. The van der Waals surface area contributed by atoms with Crippen molar-refractivity contribution in [2.45, 2.75) is 37.1 Å². The number of likely N-dealkylation sites (N-methyl/N-ethyl adjacent to an activating group) is 1. The average molecular weight is 319 g/mol. The van der Waals surface area contributed by atoms with Crippen LogP contribution in [0.2, 0.25) is 0 Å². The van der Waals surface area contributed by atoms with Crippen LogP contribution in [0.25, 0.3) is 0 Å². The molecule has 1 atom stereocenters. The molecule has 2 rings (SSSR count). The van der Waals surface area contributed by atoms with Crippen LogP contribution in [0.15, 0.2) is 29.2 Å². The Labute approximate surface area is 128 Å². The van der Waals surface area contributed by atoms with Crippen LogP contribution in [0.5, 0.6) is 0 Å². The highest BCUT2D eigenvalue weighted by Crippen LogP contribution is 2.22. The average Bonchev–Trinajstić information content (AvgIpc) is 2.91. The summed E-state index contributed by atoms with van der Waals surface area (Å²) in [6.45, 7) is 5.82. The van der Waals surface area contributed by atoms with Gasteiger partial charge in [0, 0.05) is 19.6 Å². The third kappa shape index (κ3) is 3.52. The zero-order chi connectivity index (χ0) is 14.0. The Kier molecular flexibility index (Phi) is 6.01. The van der Waals surface area contributed by atoms with Gasteiger partial charge in [0.25, 0.3) is 0 Å². The minimum Gasteiger partial charge on any atom is -0.315 e. The molecule has 0 bridgehead atoms. The molecule has 1 fully saturated rings. The molecule has 20 heavy (non-hydrogen) atoms. The van der Waals surface area contributed by atoms with Gasteiger partial charge in [0.2, 0.25) is 10.0 Å². The van der Waals surface area contributed by atoms with Gasteiger partial charge in [0.15, 0.2) is 0 Å². The summed E-state index contributed by atoms with van der Waals surface area (Å²) in [6, 6.07) is 7.29. The third-order valence-electron chi connectivity index (χ3n) is 3.77. The first-order chi connectivity index (χ1) is 8.93. The van der Waals surface area contributed by atoms with E-state index < -0.39 is 10.0 Å². The first-order valence-electron chi connectivity index (χ1n) is 6.71. The van der Waals surface area contributed by atoms with Crippen LogP contribution < -0.4 is 5.32 Å². The summed E-state index contributed by atoms with van der Waals surface area (Å²) in [5, 5.41) is 3.19. The number of rotatable bonds is 4. The molecule has 1 saturated heterocycles. The van der Waals surface area contributed by atoms with Gasteiger partial charge in [-0.25, -0.2) is 8.42 Å². The predicted octanol–water partition coefficient (Wildman–Crippen LogP) is 2.21.